The van der Waals surface area contributed by atoms with Gasteiger partial charge in [-0.15, -0.1) is 0 Å². The van der Waals surface area contributed by atoms with Crippen molar-refractivity contribution in [2.45, 2.75) is 32.7 Å². The van der Waals surface area contributed by atoms with Gasteiger partial charge in [-0.3, -0.25) is 15.1 Å². The zero-order valence-corrected chi connectivity index (χ0v) is 19.9. The summed E-state index contributed by atoms with van der Waals surface area (Å²) in [6.07, 6.45) is 4.99. The van der Waals surface area contributed by atoms with E-state index in [9.17, 15) is 0 Å². The van der Waals surface area contributed by atoms with Crippen LogP contribution < -0.4 is 15.0 Å². The van der Waals surface area contributed by atoms with Gasteiger partial charge in [0.2, 0.25) is 11.8 Å². The maximum absolute atomic E-state index is 5.80. The number of aromatic nitrogens is 7. The largest absolute Gasteiger partial charge is 0.475 e. The van der Waals surface area contributed by atoms with Crippen LogP contribution in [0.25, 0.3) is 11.4 Å². The average Bonchev–Trinajstić information content (AvgIpc) is 3.47. The smallest absolute Gasteiger partial charge is 0.231 e. The minimum Gasteiger partial charge on any atom is -0.475 e. The number of aryl methyl sites for hydroxylation is 2. The summed E-state index contributed by atoms with van der Waals surface area (Å²) < 4.78 is 16.6. The fourth-order valence-electron chi connectivity index (χ4n) is 3.84. The highest BCUT2D eigenvalue weighted by Crippen LogP contribution is 2.38. The number of H-pyrrole nitrogens is 1. The number of nitrogens with one attached hydrogen (secondary N) is 2. The molecule has 182 valence electrons. The molecule has 1 saturated heterocycles. The lowest BCUT2D eigenvalue weighted by molar-refractivity contribution is 0.143. The molecule has 35 heavy (non-hydrogen) atoms. The molecule has 1 aliphatic rings. The van der Waals surface area contributed by atoms with Gasteiger partial charge in [-0.05, 0) is 19.8 Å². The van der Waals surface area contributed by atoms with Crippen LogP contribution in [-0.2, 0) is 11.2 Å². The number of ether oxygens (including phenoxy) is 2. The van der Waals surface area contributed by atoms with E-state index in [1.54, 1.807) is 25.6 Å². The molecule has 0 radical (unpaired) electrons. The van der Waals surface area contributed by atoms with Crippen LogP contribution in [0.4, 0.5) is 17.6 Å². The van der Waals surface area contributed by atoms with Crippen LogP contribution in [0, 0.1) is 6.92 Å². The summed E-state index contributed by atoms with van der Waals surface area (Å²) in [6.45, 7) is 5.58. The second-order valence-electron chi connectivity index (χ2n) is 8.11. The topological polar surface area (TPSA) is 140 Å². The zero-order chi connectivity index (χ0) is 24.2. The number of methoxy groups -OCH3 is 1. The average molecular weight is 478 g/mol. The van der Waals surface area contributed by atoms with Gasteiger partial charge in [0.05, 0.1) is 18.3 Å². The molecule has 0 saturated carbocycles. The first-order chi connectivity index (χ1) is 17.1. The van der Waals surface area contributed by atoms with Gasteiger partial charge >= 0.3 is 0 Å². The van der Waals surface area contributed by atoms with E-state index in [2.05, 4.69) is 40.5 Å². The third-order valence-electron chi connectivity index (χ3n) is 5.68. The minimum atomic E-state index is -0.0484. The SMILES string of the molecule is CCc1nccnc1-c1cc(C2CCN2c2nc(Nc3cc(C)[nH]n3)cc(OCCOC)n2)on1. The van der Waals surface area contributed by atoms with Crippen LogP contribution in [0.2, 0.25) is 0 Å². The quantitative estimate of drug-likeness (QED) is 0.325. The standard InChI is InChI=1S/C23H27N9O3/c1-4-15-22(25-7-6-24-15)16-12-18(35-31-16)17-5-8-32(17)23-27-19(26-20-11-14(2)29-30-20)13-21(28-23)34-10-9-33-3/h6-7,11-13,17H,4-5,8-10H2,1-3H3,(H2,26,27,28,29,30). The first-order valence-electron chi connectivity index (χ1n) is 11.5. The number of hydrogen-bond donors (Lipinski definition) is 2. The van der Waals surface area contributed by atoms with Crippen LogP contribution in [0.5, 0.6) is 5.88 Å². The van der Waals surface area contributed by atoms with Crippen LogP contribution >= 0.6 is 0 Å². The fraction of sp³-hybridized carbons (Fsp3) is 0.391. The molecular formula is C23H27N9O3. The summed E-state index contributed by atoms with van der Waals surface area (Å²) >= 11 is 0. The van der Waals surface area contributed by atoms with Crippen molar-refractivity contribution in [3.05, 3.63) is 47.7 Å². The molecule has 1 unspecified atom stereocenters. The highest BCUT2D eigenvalue weighted by molar-refractivity contribution is 5.58. The minimum absolute atomic E-state index is 0.0484. The highest BCUT2D eigenvalue weighted by atomic mass is 16.5. The van der Waals surface area contributed by atoms with Crippen molar-refractivity contribution < 1.29 is 14.0 Å². The van der Waals surface area contributed by atoms with Crippen molar-refractivity contribution in [3.8, 4) is 17.3 Å². The fourth-order valence-corrected chi connectivity index (χ4v) is 3.84. The molecule has 5 heterocycles. The Bertz CT molecular complexity index is 1290. The predicted octanol–water partition coefficient (Wildman–Crippen LogP) is 3.24. The molecule has 4 aromatic heterocycles. The molecule has 1 fully saturated rings. The summed E-state index contributed by atoms with van der Waals surface area (Å²) in [6, 6.07) is 5.51. The number of hydrogen-bond acceptors (Lipinski definition) is 11. The van der Waals surface area contributed by atoms with Crippen molar-refractivity contribution in [2.24, 2.45) is 0 Å². The van der Waals surface area contributed by atoms with Crippen molar-refractivity contribution in [2.75, 3.05) is 37.1 Å². The van der Waals surface area contributed by atoms with E-state index in [-0.39, 0.29) is 6.04 Å². The third kappa shape index (κ3) is 4.92. The van der Waals surface area contributed by atoms with E-state index in [0.29, 0.717) is 42.4 Å². The van der Waals surface area contributed by atoms with E-state index >= 15 is 0 Å². The second-order valence-corrected chi connectivity index (χ2v) is 8.11. The van der Waals surface area contributed by atoms with Crippen LogP contribution in [0.15, 0.2) is 35.1 Å². The Balaban J connectivity index is 1.40. The summed E-state index contributed by atoms with van der Waals surface area (Å²) in [5.74, 6) is 2.93. The lowest BCUT2D eigenvalue weighted by Gasteiger charge is -2.39. The van der Waals surface area contributed by atoms with Crippen molar-refractivity contribution in [3.63, 3.8) is 0 Å². The molecule has 0 aliphatic carbocycles. The van der Waals surface area contributed by atoms with E-state index in [0.717, 1.165) is 42.2 Å². The molecule has 0 aromatic carbocycles. The molecule has 4 aromatic rings. The van der Waals surface area contributed by atoms with Gasteiger partial charge in [-0.25, -0.2) is 0 Å². The van der Waals surface area contributed by atoms with Crippen molar-refractivity contribution >= 4 is 17.6 Å². The predicted molar refractivity (Wildman–Crippen MR) is 128 cm³/mol. The molecule has 1 atom stereocenters. The Morgan fingerprint density at radius 2 is 2.03 bits per heavy atom. The Morgan fingerprint density at radius 1 is 1.14 bits per heavy atom. The first kappa shape index (κ1) is 22.7. The van der Waals surface area contributed by atoms with Gasteiger partial charge in [0.25, 0.3) is 0 Å². The Kier molecular flexibility index (Phi) is 6.53. The van der Waals surface area contributed by atoms with Crippen molar-refractivity contribution in [1.29, 1.82) is 0 Å². The summed E-state index contributed by atoms with van der Waals surface area (Å²) in [5.41, 5.74) is 3.23. The van der Waals surface area contributed by atoms with Crippen molar-refractivity contribution in [1.82, 2.24) is 35.3 Å². The molecule has 12 heteroatoms. The van der Waals surface area contributed by atoms with Gasteiger partial charge in [0.15, 0.2) is 11.6 Å². The Hall–Kier alpha value is -4.06. The molecule has 0 amide bonds. The molecule has 1 aliphatic heterocycles. The maximum Gasteiger partial charge on any atom is 0.231 e. The zero-order valence-electron chi connectivity index (χ0n) is 19.9. The Morgan fingerprint density at radius 3 is 2.77 bits per heavy atom. The molecular weight excluding hydrogens is 450 g/mol. The summed E-state index contributed by atoms with van der Waals surface area (Å²) in [4.78, 5) is 20.2. The van der Waals surface area contributed by atoms with Gasteiger partial charge in [0, 0.05) is 49.9 Å². The molecule has 0 bridgehead atoms. The molecule has 5 rings (SSSR count). The molecule has 0 spiro atoms. The monoisotopic (exact) mass is 477 g/mol. The van der Waals surface area contributed by atoms with E-state index in [1.165, 1.54) is 0 Å². The van der Waals surface area contributed by atoms with Crippen LogP contribution in [0.3, 0.4) is 0 Å². The maximum atomic E-state index is 5.80. The highest BCUT2D eigenvalue weighted by Gasteiger charge is 2.35. The van der Waals surface area contributed by atoms with Gasteiger partial charge in [-0.2, -0.15) is 15.1 Å². The normalized spacial score (nSPS) is 15.2. The van der Waals surface area contributed by atoms with Gasteiger partial charge in [0.1, 0.15) is 23.8 Å². The molecule has 12 nitrogen and oxygen atoms in total. The van der Waals surface area contributed by atoms with Gasteiger partial charge < -0.3 is 24.2 Å². The van der Waals surface area contributed by atoms with E-state index in [1.807, 2.05) is 26.0 Å². The number of rotatable bonds is 10. The summed E-state index contributed by atoms with van der Waals surface area (Å²) in [5, 5.41) is 14.6. The lowest BCUT2D eigenvalue weighted by atomic mass is 10.0. The number of nitrogens with zero attached hydrogens (tertiary/aromatic N) is 7. The Labute approximate surface area is 202 Å². The van der Waals surface area contributed by atoms with Crippen LogP contribution in [0.1, 0.15) is 36.5 Å². The van der Waals surface area contributed by atoms with E-state index in [4.69, 9.17) is 19.0 Å². The third-order valence-corrected chi connectivity index (χ3v) is 5.68. The number of anilines is 3. The van der Waals surface area contributed by atoms with Crippen LogP contribution in [-0.4, -0.2) is 62.2 Å². The van der Waals surface area contributed by atoms with E-state index < -0.39 is 0 Å². The lowest BCUT2D eigenvalue weighted by Crippen LogP contribution is -2.42. The first-order valence-corrected chi connectivity index (χ1v) is 11.5. The van der Waals surface area contributed by atoms with Gasteiger partial charge in [-0.1, -0.05) is 12.1 Å². The molecule has 2 N–H and O–H groups in total. The number of aromatic amines is 1. The second kappa shape index (κ2) is 10.1. The summed E-state index contributed by atoms with van der Waals surface area (Å²) in [7, 11) is 1.63.